The van der Waals surface area contributed by atoms with Crippen LogP contribution in [-0.2, 0) is 18.0 Å². The molecular formula is C14H12BrFO. The lowest BCUT2D eigenvalue weighted by Crippen LogP contribution is -1.97. The minimum absolute atomic E-state index is 0.249. The molecule has 0 fully saturated rings. The van der Waals surface area contributed by atoms with E-state index in [4.69, 9.17) is 4.74 Å². The van der Waals surface area contributed by atoms with Crippen molar-refractivity contribution in [1.82, 2.24) is 0 Å². The van der Waals surface area contributed by atoms with E-state index < -0.39 is 0 Å². The predicted molar refractivity (Wildman–Crippen MR) is 69.0 cm³/mol. The van der Waals surface area contributed by atoms with Gasteiger partial charge in [0.25, 0.3) is 0 Å². The fourth-order valence-electron chi connectivity index (χ4n) is 1.51. The van der Waals surface area contributed by atoms with Crippen molar-refractivity contribution in [2.45, 2.75) is 13.2 Å². The molecule has 0 aliphatic heterocycles. The van der Waals surface area contributed by atoms with E-state index in [1.54, 1.807) is 18.2 Å². The van der Waals surface area contributed by atoms with Crippen LogP contribution in [0.4, 0.5) is 4.39 Å². The van der Waals surface area contributed by atoms with Crippen molar-refractivity contribution in [3.63, 3.8) is 0 Å². The van der Waals surface area contributed by atoms with E-state index in [1.807, 2.05) is 30.3 Å². The van der Waals surface area contributed by atoms with Gasteiger partial charge in [0.05, 0.1) is 17.7 Å². The van der Waals surface area contributed by atoms with Crippen LogP contribution in [0.25, 0.3) is 0 Å². The molecule has 0 heterocycles. The normalized spacial score (nSPS) is 10.5. The molecule has 88 valence electrons. The maximum atomic E-state index is 13.6. The number of rotatable bonds is 4. The topological polar surface area (TPSA) is 9.23 Å². The number of hydrogen-bond donors (Lipinski definition) is 0. The Balaban J connectivity index is 1.93. The second-order valence-corrected chi connectivity index (χ2v) is 4.55. The Morgan fingerprint density at radius 3 is 2.47 bits per heavy atom. The average molecular weight is 295 g/mol. The Kier molecular flexibility index (Phi) is 4.29. The second kappa shape index (κ2) is 5.94. The standard InChI is InChI=1S/C14H12BrFO/c15-13-8-4-7-12(14(13)16)10-17-9-11-5-2-1-3-6-11/h1-8H,9-10H2. The Morgan fingerprint density at radius 1 is 0.941 bits per heavy atom. The molecule has 0 aliphatic rings. The number of hydrogen-bond acceptors (Lipinski definition) is 1. The van der Waals surface area contributed by atoms with E-state index in [1.165, 1.54) is 0 Å². The smallest absolute Gasteiger partial charge is 0.142 e. The first-order valence-corrected chi connectivity index (χ1v) is 6.11. The average Bonchev–Trinajstić information content (AvgIpc) is 2.36. The first-order chi connectivity index (χ1) is 8.27. The third-order valence-corrected chi connectivity index (χ3v) is 3.01. The summed E-state index contributed by atoms with van der Waals surface area (Å²) >= 11 is 3.15. The van der Waals surface area contributed by atoms with Crippen LogP contribution in [-0.4, -0.2) is 0 Å². The third kappa shape index (κ3) is 3.38. The molecular weight excluding hydrogens is 283 g/mol. The number of halogens is 2. The molecule has 0 bridgehead atoms. The van der Waals surface area contributed by atoms with Crippen LogP contribution in [0.15, 0.2) is 53.0 Å². The van der Waals surface area contributed by atoms with E-state index in [0.717, 1.165) is 5.56 Å². The molecule has 0 saturated heterocycles. The van der Waals surface area contributed by atoms with Crippen LogP contribution in [0.2, 0.25) is 0 Å². The van der Waals surface area contributed by atoms with Gasteiger partial charge in [-0.05, 0) is 27.6 Å². The number of benzene rings is 2. The quantitative estimate of drug-likeness (QED) is 0.817. The van der Waals surface area contributed by atoms with Gasteiger partial charge >= 0.3 is 0 Å². The van der Waals surface area contributed by atoms with Gasteiger partial charge in [-0.25, -0.2) is 4.39 Å². The van der Waals surface area contributed by atoms with Gasteiger partial charge in [-0.3, -0.25) is 0 Å². The summed E-state index contributed by atoms with van der Waals surface area (Å²) in [6.45, 7) is 0.771. The molecule has 17 heavy (non-hydrogen) atoms. The summed E-state index contributed by atoms with van der Waals surface area (Å²) < 4.78 is 19.6. The Labute approximate surface area is 108 Å². The molecule has 0 unspecified atom stereocenters. The van der Waals surface area contributed by atoms with Gasteiger partial charge in [0.1, 0.15) is 5.82 Å². The highest BCUT2D eigenvalue weighted by atomic mass is 79.9. The maximum absolute atomic E-state index is 13.6. The molecule has 2 aromatic carbocycles. The van der Waals surface area contributed by atoms with Crippen molar-refractivity contribution in [3.05, 3.63) is 69.9 Å². The fourth-order valence-corrected chi connectivity index (χ4v) is 1.92. The molecule has 0 aliphatic carbocycles. The monoisotopic (exact) mass is 294 g/mol. The summed E-state index contributed by atoms with van der Waals surface area (Å²) in [4.78, 5) is 0. The molecule has 0 aromatic heterocycles. The van der Waals surface area contributed by atoms with Crippen molar-refractivity contribution in [2.24, 2.45) is 0 Å². The Bertz CT molecular complexity index is 485. The predicted octanol–water partition coefficient (Wildman–Crippen LogP) is 4.31. The minimum Gasteiger partial charge on any atom is -0.372 e. The van der Waals surface area contributed by atoms with Gasteiger partial charge in [0.2, 0.25) is 0 Å². The van der Waals surface area contributed by atoms with Gasteiger partial charge in [-0.1, -0.05) is 42.5 Å². The second-order valence-electron chi connectivity index (χ2n) is 3.69. The first-order valence-electron chi connectivity index (χ1n) is 5.32. The SMILES string of the molecule is Fc1c(Br)cccc1COCc1ccccc1. The van der Waals surface area contributed by atoms with E-state index in [-0.39, 0.29) is 12.4 Å². The summed E-state index contributed by atoms with van der Waals surface area (Å²) in [6.07, 6.45) is 0. The third-order valence-electron chi connectivity index (χ3n) is 2.40. The molecule has 0 atom stereocenters. The highest BCUT2D eigenvalue weighted by Crippen LogP contribution is 2.19. The van der Waals surface area contributed by atoms with E-state index in [9.17, 15) is 4.39 Å². The van der Waals surface area contributed by atoms with Crippen LogP contribution < -0.4 is 0 Å². The van der Waals surface area contributed by atoms with Gasteiger partial charge in [0, 0.05) is 5.56 Å². The van der Waals surface area contributed by atoms with Gasteiger partial charge < -0.3 is 4.74 Å². The van der Waals surface area contributed by atoms with Crippen molar-refractivity contribution in [1.29, 1.82) is 0 Å². The maximum Gasteiger partial charge on any atom is 0.142 e. The van der Waals surface area contributed by atoms with Crippen LogP contribution in [0.3, 0.4) is 0 Å². The van der Waals surface area contributed by atoms with Crippen molar-refractivity contribution in [2.75, 3.05) is 0 Å². The fraction of sp³-hybridized carbons (Fsp3) is 0.143. The minimum atomic E-state index is -0.249. The van der Waals surface area contributed by atoms with Crippen molar-refractivity contribution in [3.8, 4) is 0 Å². The van der Waals surface area contributed by atoms with Gasteiger partial charge in [-0.15, -0.1) is 0 Å². The van der Waals surface area contributed by atoms with E-state index >= 15 is 0 Å². The van der Waals surface area contributed by atoms with Gasteiger partial charge in [0.15, 0.2) is 0 Å². The zero-order valence-electron chi connectivity index (χ0n) is 9.20. The Morgan fingerprint density at radius 2 is 1.71 bits per heavy atom. The lowest BCUT2D eigenvalue weighted by atomic mass is 10.2. The highest BCUT2D eigenvalue weighted by Gasteiger charge is 2.05. The molecule has 0 N–H and O–H groups in total. The van der Waals surface area contributed by atoms with Crippen LogP contribution in [0.5, 0.6) is 0 Å². The summed E-state index contributed by atoms with van der Waals surface area (Å²) in [7, 11) is 0. The highest BCUT2D eigenvalue weighted by molar-refractivity contribution is 9.10. The molecule has 0 saturated carbocycles. The zero-order chi connectivity index (χ0) is 12.1. The van der Waals surface area contributed by atoms with E-state index in [0.29, 0.717) is 16.6 Å². The summed E-state index contributed by atoms with van der Waals surface area (Å²) in [5.41, 5.74) is 1.65. The number of ether oxygens (including phenoxy) is 1. The van der Waals surface area contributed by atoms with Crippen LogP contribution >= 0.6 is 15.9 Å². The van der Waals surface area contributed by atoms with E-state index in [2.05, 4.69) is 15.9 Å². The molecule has 0 radical (unpaired) electrons. The van der Waals surface area contributed by atoms with Gasteiger partial charge in [-0.2, -0.15) is 0 Å². The lowest BCUT2D eigenvalue weighted by Gasteiger charge is -2.06. The van der Waals surface area contributed by atoms with Crippen molar-refractivity contribution >= 4 is 15.9 Å². The molecule has 3 heteroatoms. The summed E-state index contributed by atoms with van der Waals surface area (Å²) in [5, 5.41) is 0. The molecule has 1 nitrogen and oxygen atoms in total. The van der Waals surface area contributed by atoms with Crippen LogP contribution in [0, 0.1) is 5.82 Å². The van der Waals surface area contributed by atoms with Crippen LogP contribution in [0.1, 0.15) is 11.1 Å². The first kappa shape index (κ1) is 12.3. The Hall–Kier alpha value is -1.19. The lowest BCUT2D eigenvalue weighted by molar-refractivity contribution is 0.105. The summed E-state index contributed by atoms with van der Waals surface area (Å²) in [6, 6.07) is 15.0. The summed E-state index contributed by atoms with van der Waals surface area (Å²) in [5.74, 6) is -0.249. The van der Waals surface area contributed by atoms with Crippen molar-refractivity contribution < 1.29 is 9.13 Å². The zero-order valence-corrected chi connectivity index (χ0v) is 10.8. The molecule has 2 rings (SSSR count). The molecule has 2 aromatic rings. The molecule has 0 spiro atoms. The largest absolute Gasteiger partial charge is 0.372 e. The molecule has 0 amide bonds.